The van der Waals surface area contributed by atoms with Crippen LogP contribution in [0.5, 0.6) is 0 Å². The van der Waals surface area contributed by atoms with E-state index in [-0.39, 0.29) is 0 Å². The zero-order chi connectivity index (χ0) is 13.9. The Hall–Kier alpha value is -1.13. The van der Waals surface area contributed by atoms with E-state index in [2.05, 4.69) is 35.1 Å². The molecule has 1 fully saturated rings. The summed E-state index contributed by atoms with van der Waals surface area (Å²) in [5.74, 6) is 1.01. The molecule has 1 aromatic heterocycles. The van der Waals surface area contributed by atoms with Gasteiger partial charge in [0.15, 0.2) is 0 Å². The number of hydrogen-bond donors (Lipinski definition) is 2. The van der Waals surface area contributed by atoms with Gasteiger partial charge in [0.05, 0.1) is 5.60 Å². The molecule has 2 heterocycles. The highest BCUT2D eigenvalue weighted by Gasteiger charge is 2.32. The van der Waals surface area contributed by atoms with Gasteiger partial charge in [-0.05, 0) is 50.4 Å². The van der Waals surface area contributed by atoms with E-state index in [4.69, 9.17) is 0 Å². The number of aryl methyl sites for hydroxylation is 1. The Labute approximate surface area is 115 Å². The van der Waals surface area contributed by atoms with Gasteiger partial charge in [0, 0.05) is 25.8 Å². The summed E-state index contributed by atoms with van der Waals surface area (Å²) in [6, 6.07) is 2.19. The van der Waals surface area contributed by atoms with Gasteiger partial charge >= 0.3 is 0 Å². The Balaban J connectivity index is 2.03. The maximum atomic E-state index is 10.0. The van der Waals surface area contributed by atoms with Crippen LogP contribution in [0.25, 0.3) is 0 Å². The molecule has 0 bridgehead atoms. The van der Waals surface area contributed by atoms with Crippen molar-refractivity contribution in [3.63, 3.8) is 0 Å². The van der Waals surface area contributed by atoms with Gasteiger partial charge < -0.3 is 15.3 Å². The smallest absolute Gasteiger partial charge is 0.131 e. The van der Waals surface area contributed by atoms with Crippen molar-refractivity contribution in [1.82, 2.24) is 10.3 Å². The molecule has 1 aliphatic rings. The topological polar surface area (TPSA) is 48.4 Å². The monoisotopic (exact) mass is 263 g/mol. The Morgan fingerprint density at radius 1 is 1.53 bits per heavy atom. The Morgan fingerprint density at radius 3 is 2.89 bits per heavy atom. The highest BCUT2D eigenvalue weighted by molar-refractivity contribution is 5.48. The second-order valence-corrected chi connectivity index (χ2v) is 5.83. The van der Waals surface area contributed by atoms with Crippen LogP contribution in [0.15, 0.2) is 12.3 Å². The molecule has 2 rings (SSSR count). The highest BCUT2D eigenvalue weighted by atomic mass is 16.3. The molecule has 1 unspecified atom stereocenters. The summed E-state index contributed by atoms with van der Waals surface area (Å²) in [5, 5.41) is 13.4. The molecular weight excluding hydrogens is 238 g/mol. The SMILES string of the molecule is CCCNCc1cnc(N2CCC(C)(O)C2)c(C)c1. The number of hydrogen-bond acceptors (Lipinski definition) is 4. The van der Waals surface area contributed by atoms with Crippen molar-refractivity contribution in [2.75, 3.05) is 24.5 Å². The summed E-state index contributed by atoms with van der Waals surface area (Å²) in [5.41, 5.74) is 1.84. The van der Waals surface area contributed by atoms with Crippen molar-refractivity contribution in [3.05, 3.63) is 23.4 Å². The predicted molar refractivity (Wildman–Crippen MR) is 78.4 cm³/mol. The van der Waals surface area contributed by atoms with Crippen molar-refractivity contribution in [2.45, 2.75) is 45.8 Å². The lowest BCUT2D eigenvalue weighted by Crippen LogP contribution is -2.30. The summed E-state index contributed by atoms with van der Waals surface area (Å²) in [7, 11) is 0. The van der Waals surface area contributed by atoms with Gasteiger partial charge in [-0.25, -0.2) is 4.98 Å². The van der Waals surface area contributed by atoms with Crippen molar-refractivity contribution < 1.29 is 5.11 Å². The van der Waals surface area contributed by atoms with E-state index in [0.717, 1.165) is 38.3 Å². The summed E-state index contributed by atoms with van der Waals surface area (Å²) in [6.07, 6.45) is 3.90. The number of β-amino-alcohol motifs (C(OH)–C–C–N with tert-alkyl or cyclic N) is 1. The van der Waals surface area contributed by atoms with Crippen LogP contribution in [0.2, 0.25) is 0 Å². The quantitative estimate of drug-likeness (QED) is 0.796. The Morgan fingerprint density at radius 2 is 2.32 bits per heavy atom. The van der Waals surface area contributed by atoms with Crippen molar-refractivity contribution in [2.24, 2.45) is 0 Å². The van der Waals surface area contributed by atoms with Gasteiger partial charge in [0.25, 0.3) is 0 Å². The number of anilines is 1. The van der Waals surface area contributed by atoms with Gasteiger partial charge in [-0.1, -0.05) is 6.92 Å². The average molecular weight is 263 g/mol. The molecule has 0 aliphatic carbocycles. The second-order valence-electron chi connectivity index (χ2n) is 5.83. The molecular formula is C15H25N3O. The fourth-order valence-corrected chi connectivity index (χ4v) is 2.59. The predicted octanol–water partition coefficient (Wildman–Crippen LogP) is 1.85. The van der Waals surface area contributed by atoms with Crippen LogP contribution < -0.4 is 10.2 Å². The minimum absolute atomic E-state index is 0.574. The zero-order valence-electron chi connectivity index (χ0n) is 12.2. The first-order valence-corrected chi connectivity index (χ1v) is 7.15. The molecule has 1 aliphatic heterocycles. The lowest BCUT2D eigenvalue weighted by molar-refractivity contribution is 0.0839. The number of pyridine rings is 1. The van der Waals surface area contributed by atoms with Crippen LogP contribution in [-0.2, 0) is 6.54 Å². The van der Waals surface area contributed by atoms with Gasteiger partial charge in [-0.15, -0.1) is 0 Å². The largest absolute Gasteiger partial charge is 0.388 e. The van der Waals surface area contributed by atoms with Crippen molar-refractivity contribution in [1.29, 1.82) is 0 Å². The normalized spacial score (nSPS) is 23.1. The van der Waals surface area contributed by atoms with E-state index in [1.54, 1.807) is 0 Å². The number of nitrogens with one attached hydrogen (secondary N) is 1. The Kier molecular flexibility index (Phi) is 4.42. The third kappa shape index (κ3) is 3.67. The molecule has 4 nitrogen and oxygen atoms in total. The molecule has 0 spiro atoms. The van der Waals surface area contributed by atoms with Gasteiger partial charge in [0.1, 0.15) is 5.82 Å². The highest BCUT2D eigenvalue weighted by Crippen LogP contribution is 2.27. The van der Waals surface area contributed by atoms with E-state index < -0.39 is 5.60 Å². The second kappa shape index (κ2) is 5.88. The number of aliphatic hydroxyl groups is 1. The standard InChI is InChI=1S/C15H25N3O/c1-4-6-16-9-13-8-12(2)14(17-10-13)18-7-5-15(3,19)11-18/h8,10,16,19H,4-7,9,11H2,1-3H3. The van der Waals surface area contributed by atoms with E-state index in [0.29, 0.717) is 6.54 Å². The lowest BCUT2D eigenvalue weighted by Gasteiger charge is -2.21. The maximum absolute atomic E-state index is 10.0. The van der Waals surface area contributed by atoms with Gasteiger partial charge in [-0.3, -0.25) is 0 Å². The first-order valence-electron chi connectivity index (χ1n) is 7.15. The van der Waals surface area contributed by atoms with Crippen LogP contribution in [0, 0.1) is 6.92 Å². The molecule has 1 atom stereocenters. The summed E-state index contributed by atoms with van der Waals surface area (Å²) >= 11 is 0. The maximum Gasteiger partial charge on any atom is 0.131 e. The number of nitrogens with zero attached hydrogens (tertiary/aromatic N) is 2. The molecule has 2 N–H and O–H groups in total. The molecule has 1 saturated heterocycles. The first-order chi connectivity index (χ1) is 9.02. The minimum atomic E-state index is -0.574. The fourth-order valence-electron chi connectivity index (χ4n) is 2.59. The molecule has 106 valence electrons. The number of aromatic nitrogens is 1. The van der Waals surface area contributed by atoms with Crippen LogP contribution in [-0.4, -0.2) is 35.3 Å². The van der Waals surface area contributed by atoms with Gasteiger partial charge in [-0.2, -0.15) is 0 Å². The lowest BCUT2D eigenvalue weighted by atomic mass is 10.1. The third-order valence-corrected chi connectivity index (χ3v) is 3.61. The van der Waals surface area contributed by atoms with E-state index in [1.165, 1.54) is 11.1 Å². The third-order valence-electron chi connectivity index (χ3n) is 3.61. The van der Waals surface area contributed by atoms with Gasteiger partial charge in [0.2, 0.25) is 0 Å². The van der Waals surface area contributed by atoms with E-state index >= 15 is 0 Å². The molecule has 4 heteroatoms. The van der Waals surface area contributed by atoms with E-state index in [1.807, 2.05) is 13.1 Å². The van der Waals surface area contributed by atoms with E-state index in [9.17, 15) is 5.11 Å². The Bertz CT molecular complexity index is 431. The molecule has 0 saturated carbocycles. The summed E-state index contributed by atoms with van der Waals surface area (Å²) < 4.78 is 0. The van der Waals surface area contributed by atoms with Crippen LogP contribution in [0.1, 0.15) is 37.8 Å². The average Bonchev–Trinajstić information content (AvgIpc) is 2.70. The molecule has 0 amide bonds. The fraction of sp³-hybridized carbons (Fsp3) is 0.667. The van der Waals surface area contributed by atoms with Crippen LogP contribution in [0.3, 0.4) is 0 Å². The summed E-state index contributed by atoms with van der Waals surface area (Å²) in [6.45, 7) is 9.63. The van der Waals surface area contributed by atoms with Crippen molar-refractivity contribution >= 4 is 5.82 Å². The zero-order valence-corrected chi connectivity index (χ0v) is 12.2. The molecule has 1 aromatic rings. The minimum Gasteiger partial charge on any atom is -0.388 e. The van der Waals surface area contributed by atoms with Crippen LogP contribution >= 0.6 is 0 Å². The van der Waals surface area contributed by atoms with Crippen LogP contribution in [0.4, 0.5) is 5.82 Å². The molecule has 0 radical (unpaired) electrons. The first kappa shape index (κ1) is 14.3. The number of rotatable bonds is 5. The molecule has 0 aromatic carbocycles. The van der Waals surface area contributed by atoms with Crippen molar-refractivity contribution in [3.8, 4) is 0 Å². The molecule has 19 heavy (non-hydrogen) atoms. The summed E-state index contributed by atoms with van der Waals surface area (Å²) in [4.78, 5) is 6.76.